The predicted octanol–water partition coefficient (Wildman–Crippen LogP) is 5.05. The second-order valence-corrected chi connectivity index (χ2v) is 9.62. The van der Waals surface area contributed by atoms with E-state index in [2.05, 4.69) is 0 Å². The number of methoxy groups -OCH3 is 1. The molecule has 0 saturated carbocycles. The summed E-state index contributed by atoms with van der Waals surface area (Å²) in [4.78, 5) is 12.3. The third-order valence-electron chi connectivity index (χ3n) is 4.94. The molecule has 0 fully saturated rings. The van der Waals surface area contributed by atoms with Crippen molar-refractivity contribution in [3.05, 3.63) is 89.4 Å². The Morgan fingerprint density at radius 1 is 0.938 bits per heavy atom. The highest BCUT2D eigenvalue weighted by Gasteiger charge is 2.16. The van der Waals surface area contributed by atoms with E-state index >= 15 is 0 Å². The number of ether oxygens (including phenoxy) is 1. The standard InChI is InChI=1S/C24H19ClN2O4S/c1-31-24(28)18-5-3-4-17(14-18)23-15-22(16-6-8-19(25)9-7-16)26-27(23)20-10-12-21(13-11-20)32(2,29)30/h3-15H,1-2H3. The monoisotopic (exact) mass is 466 g/mol. The van der Waals surface area contributed by atoms with Crippen LogP contribution in [0.25, 0.3) is 28.2 Å². The van der Waals surface area contributed by atoms with E-state index in [1.54, 1.807) is 59.3 Å². The largest absolute Gasteiger partial charge is 0.465 e. The van der Waals surface area contributed by atoms with Gasteiger partial charge in [-0.1, -0.05) is 35.9 Å². The van der Waals surface area contributed by atoms with E-state index in [1.807, 2.05) is 24.3 Å². The van der Waals surface area contributed by atoms with E-state index in [1.165, 1.54) is 7.11 Å². The van der Waals surface area contributed by atoms with Crippen LogP contribution in [-0.4, -0.2) is 37.5 Å². The van der Waals surface area contributed by atoms with Crippen molar-refractivity contribution in [3.63, 3.8) is 0 Å². The Kier molecular flexibility index (Phi) is 5.86. The lowest BCUT2D eigenvalue weighted by atomic mass is 10.1. The number of sulfone groups is 1. The number of aromatic nitrogens is 2. The lowest BCUT2D eigenvalue weighted by Crippen LogP contribution is -2.03. The number of rotatable bonds is 5. The molecule has 32 heavy (non-hydrogen) atoms. The highest BCUT2D eigenvalue weighted by Crippen LogP contribution is 2.30. The summed E-state index contributed by atoms with van der Waals surface area (Å²) >= 11 is 6.02. The Morgan fingerprint density at radius 2 is 1.62 bits per heavy atom. The summed E-state index contributed by atoms with van der Waals surface area (Å²) in [6, 6.07) is 22.8. The molecule has 162 valence electrons. The van der Waals surface area contributed by atoms with Crippen LogP contribution in [0.1, 0.15) is 10.4 Å². The van der Waals surface area contributed by atoms with Gasteiger partial charge >= 0.3 is 5.97 Å². The summed E-state index contributed by atoms with van der Waals surface area (Å²) < 4.78 is 30.2. The van der Waals surface area contributed by atoms with Gasteiger partial charge in [0.25, 0.3) is 0 Å². The number of esters is 1. The van der Waals surface area contributed by atoms with Crippen molar-refractivity contribution in [2.24, 2.45) is 0 Å². The smallest absolute Gasteiger partial charge is 0.337 e. The lowest BCUT2D eigenvalue weighted by molar-refractivity contribution is 0.0600. The zero-order chi connectivity index (χ0) is 22.9. The highest BCUT2D eigenvalue weighted by atomic mass is 35.5. The number of nitrogens with zero attached hydrogens (tertiary/aromatic N) is 2. The maximum Gasteiger partial charge on any atom is 0.337 e. The summed E-state index contributed by atoms with van der Waals surface area (Å²) in [6.07, 6.45) is 1.16. The molecular formula is C24H19ClN2O4S. The minimum absolute atomic E-state index is 0.223. The van der Waals surface area contributed by atoms with E-state index < -0.39 is 15.8 Å². The van der Waals surface area contributed by atoms with E-state index in [9.17, 15) is 13.2 Å². The number of benzene rings is 3. The van der Waals surface area contributed by atoms with Crippen molar-refractivity contribution in [1.82, 2.24) is 9.78 Å². The molecule has 0 aliphatic carbocycles. The number of hydrogen-bond donors (Lipinski definition) is 0. The van der Waals surface area contributed by atoms with E-state index in [0.717, 1.165) is 23.1 Å². The van der Waals surface area contributed by atoms with E-state index in [-0.39, 0.29) is 4.90 Å². The summed E-state index contributed by atoms with van der Waals surface area (Å²) in [7, 11) is -1.98. The maximum atomic E-state index is 12.0. The molecular weight excluding hydrogens is 448 g/mol. The van der Waals surface area contributed by atoms with Gasteiger partial charge in [0, 0.05) is 22.4 Å². The van der Waals surface area contributed by atoms with Gasteiger partial charge in [-0.25, -0.2) is 17.9 Å². The summed E-state index contributed by atoms with van der Waals surface area (Å²) in [6.45, 7) is 0. The van der Waals surface area contributed by atoms with Crippen molar-refractivity contribution in [3.8, 4) is 28.2 Å². The molecule has 0 aliphatic rings. The predicted molar refractivity (Wildman–Crippen MR) is 124 cm³/mol. The van der Waals surface area contributed by atoms with Gasteiger partial charge in [0.05, 0.1) is 34.6 Å². The SMILES string of the molecule is COC(=O)c1cccc(-c2cc(-c3ccc(Cl)cc3)nn2-c2ccc(S(C)(=O)=O)cc2)c1. The maximum absolute atomic E-state index is 12.0. The molecule has 0 radical (unpaired) electrons. The van der Waals surface area contributed by atoms with Gasteiger partial charge < -0.3 is 4.74 Å². The van der Waals surface area contributed by atoms with E-state index in [0.29, 0.717) is 22.0 Å². The number of hydrogen-bond acceptors (Lipinski definition) is 5. The van der Waals surface area contributed by atoms with Gasteiger partial charge in [-0.2, -0.15) is 5.10 Å². The Bertz CT molecular complexity index is 1390. The second kappa shape index (κ2) is 8.61. The zero-order valence-electron chi connectivity index (χ0n) is 17.3. The van der Waals surface area contributed by atoms with Crippen molar-refractivity contribution in [2.45, 2.75) is 4.90 Å². The Morgan fingerprint density at radius 3 is 2.25 bits per heavy atom. The normalized spacial score (nSPS) is 11.3. The van der Waals surface area contributed by atoms with Gasteiger partial charge in [0.2, 0.25) is 0 Å². The fourth-order valence-corrected chi connectivity index (χ4v) is 4.06. The lowest BCUT2D eigenvalue weighted by Gasteiger charge is -2.09. The summed E-state index contributed by atoms with van der Waals surface area (Å²) in [5.41, 5.74) is 4.15. The fourth-order valence-electron chi connectivity index (χ4n) is 3.30. The van der Waals surface area contributed by atoms with Crippen molar-refractivity contribution >= 4 is 27.4 Å². The Hall–Kier alpha value is -3.42. The molecule has 8 heteroatoms. The third kappa shape index (κ3) is 4.44. The summed E-state index contributed by atoms with van der Waals surface area (Å²) in [5.74, 6) is -0.437. The minimum atomic E-state index is -3.32. The zero-order valence-corrected chi connectivity index (χ0v) is 18.9. The molecule has 3 aromatic carbocycles. The molecule has 0 bridgehead atoms. The van der Waals surface area contributed by atoms with Gasteiger partial charge in [-0.3, -0.25) is 0 Å². The number of carbonyl (C=O) groups excluding carboxylic acids is 1. The first kappa shape index (κ1) is 21.8. The van der Waals surface area contributed by atoms with Crippen LogP contribution in [0.4, 0.5) is 0 Å². The first-order valence-electron chi connectivity index (χ1n) is 9.61. The molecule has 0 spiro atoms. The molecule has 6 nitrogen and oxygen atoms in total. The van der Waals surface area contributed by atoms with Crippen LogP contribution in [0.5, 0.6) is 0 Å². The average Bonchev–Trinajstić information content (AvgIpc) is 3.24. The quantitative estimate of drug-likeness (QED) is 0.384. The summed E-state index contributed by atoms with van der Waals surface area (Å²) in [5, 5.41) is 5.37. The van der Waals surface area contributed by atoms with Crippen LogP contribution in [0.15, 0.2) is 83.8 Å². The highest BCUT2D eigenvalue weighted by molar-refractivity contribution is 7.90. The molecule has 4 rings (SSSR count). The first-order chi connectivity index (χ1) is 15.3. The molecule has 0 N–H and O–H groups in total. The Balaban J connectivity index is 1.88. The molecule has 0 aliphatic heterocycles. The number of halogens is 1. The van der Waals surface area contributed by atoms with Crippen molar-refractivity contribution in [1.29, 1.82) is 0 Å². The molecule has 0 amide bonds. The molecule has 1 aromatic heterocycles. The molecule has 0 unspecified atom stereocenters. The molecule has 0 atom stereocenters. The third-order valence-corrected chi connectivity index (χ3v) is 6.32. The number of carbonyl (C=O) groups is 1. The van der Waals surface area contributed by atoms with Gasteiger partial charge in [-0.05, 0) is 54.6 Å². The van der Waals surface area contributed by atoms with Crippen LogP contribution in [0.2, 0.25) is 5.02 Å². The topological polar surface area (TPSA) is 78.3 Å². The van der Waals surface area contributed by atoms with Crippen molar-refractivity contribution < 1.29 is 17.9 Å². The van der Waals surface area contributed by atoms with E-state index in [4.69, 9.17) is 21.4 Å². The van der Waals surface area contributed by atoms with Crippen LogP contribution in [0.3, 0.4) is 0 Å². The Labute approximate surface area is 191 Å². The van der Waals surface area contributed by atoms with Gasteiger partial charge in [0.15, 0.2) is 9.84 Å². The average molecular weight is 467 g/mol. The van der Waals surface area contributed by atoms with Crippen LogP contribution < -0.4 is 0 Å². The van der Waals surface area contributed by atoms with Gasteiger partial charge in [0.1, 0.15) is 0 Å². The van der Waals surface area contributed by atoms with Crippen LogP contribution in [-0.2, 0) is 14.6 Å². The molecule has 1 heterocycles. The van der Waals surface area contributed by atoms with Crippen molar-refractivity contribution in [2.75, 3.05) is 13.4 Å². The molecule has 4 aromatic rings. The minimum Gasteiger partial charge on any atom is -0.465 e. The fraction of sp³-hybridized carbons (Fsp3) is 0.0833. The van der Waals surface area contributed by atoms with Crippen LogP contribution in [0, 0.1) is 0 Å². The van der Waals surface area contributed by atoms with Gasteiger partial charge in [-0.15, -0.1) is 0 Å². The van der Waals surface area contributed by atoms with Crippen LogP contribution >= 0.6 is 11.6 Å². The first-order valence-corrected chi connectivity index (χ1v) is 11.9. The second-order valence-electron chi connectivity index (χ2n) is 7.17. The molecule has 0 saturated heterocycles.